The summed E-state index contributed by atoms with van der Waals surface area (Å²) in [7, 11) is 3.73. The van der Waals surface area contributed by atoms with E-state index in [1.54, 1.807) is 24.1 Å². The molecule has 0 N–H and O–H groups in total. The van der Waals surface area contributed by atoms with Crippen LogP contribution < -0.4 is 0 Å². The molecule has 0 atom stereocenters. The van der Waals surface area contributed by atoms with Crippen LogP contribution in [0.1, 0.15) is 25.3 Å². The van der Waals surface area contributed by atoms with Crippen molar-refractivity contribution in [3.05, 3.63) is 35.6 Å². The molecule has 1 aromatic carbocycles. The zero-order chi connectivity index (χ0) is 14.3. The second kappa shape index (κ2) is 7.89. The van der Waals surface area contributed by atoms with Crippen LogP contribution in [0.15, 0.2) is 24.3 Å². The summed E-state index contributed by atoms with van der Waals surface area (Å²) < 4.78 is 12.8. The Morgan fingerprint density at radius 2 is 1.84 bits per heavy atom. The van der Waals surface area contributed by atoms with Gasteiger partial charge in [0.2, 0.25) is 5.91 Å². The zero-order valence-electron chi connectivity index (χ0n) is 12.0. The second-order valence-corrected chi connectivity index (χ2v) is 4.97. The number of carbonyl (C=O) groups is 1. The number of unbranched alkanes of at least 4 members (excludes halogenated alkanes) is 1. The van der Waals surface area contributed by atoms with Crippen molar-refractivity contribution in [2.24, 2.45) is 0 Å². The molecule has 0 spiro atoms. The Kier molecular flexibility index (Phi) is 6.50. The highest BCUT2D eigenvalue weighted by Gasteiger charge is 2.11. The lowest BCUT2D eigenvalue weighted by Crippen LogP contribution is -2.36. The molecule has 0 unspecified atom stereocenters. The highest BCUT2D eigenvalue weighted by Crippen LogP contribution is 2.06. The third-order valence-electron chi connectivity index (χ3n) is 3.06. The summed E-state index contributed by atoms with van der Waals surface area (Å²) in [5.74, 6) is -0.167. The number of halogens is 1. The maximum atomic E-state index is 12.8. The van der Waals surface area contributed by atoms with Gasteiger partial charge in [-0.3, -0.25) is 9.69 Å². The predicted molar refractivity (Wildman–Crippen MR) is 75.3 cm³/mol. The lowest BCUT2D eigenvalue weighted by Gasteiger charge is -2.21. The third-order valence-corrected chi connectivity index (χ3v) is 3.06. The van der Waals surface area contributed by atoms with Gasteiger partial charge in [-0.1, -0.05) is 25.5 Å². The Labute approximate surface area is 115 Å². The van der Waals surface area contributed by atoms with E-state index < -0.39 is 0 Å². The first-order valence-corrected chi connectivity index (χ1v) is 6.70. The van der Waals surface area contributed by atoms with Gasteiger partial charge in [-0.25, -0.2) is 4.39 Å². The van der Waals surface area contributed by atoms with E-state index in [0.29, 0.717) is 13.1 Å². The lowest BCUT2D eigenvalue weighted by molar-refractivity contribution is -0.131. The summed E-state index contributed by atoms with van der Waals surface area (Å²) >= 11 is 0. The van der Waals surface area contributed by atoms with Gasteiger partial charge in [-0.2, -0.15) is 0 Å². The largest absolute Gasteiger partial charge is 0.340 e. The molecule has 19 heavy (non-hydrogen) atoms. The monoisotopic (exact) mass is 266 g/mol. The van der Waals surface area contributed by atoms with Gasteiger partial charge in [-0.05, 0) is 37.7 Å². The van der Waals surface area contributed by atoms with Gasteiger partial charge < -0.3 is 4.90 Å². The minimum Gasteiger partial charge on any atom is -0.340 e. The van der Waals surface area contributed by atoms with Crippen molar-refractivity contribution in [1.82, 2.24) is 9.80 Å². The van der Waals surface area contributed by atoms with E-state index >= 15 is 0 Å². The molecule has 0 fully saturated rings. The Hall–Kier alpha value is -1.42. The molecule has 1 amide bonds. The predicted octanol–water partition coefficient (Wildman–Crippen LogP) is 2.52. The average Bonchev–Trinajstić information content (AvgIpc) is 2.39. The molecular weight excluding hydrogens is 243 g/mol. The van der Waals surface area contributed by atoms with Gasteiger partial charge in [0.1, 0.15) is 5.82 Å². The highest BCUT2D eigenvalue weighted by atomic mass is 19.1. The number of hydrogen-bond donors (Lipinski definition) is 0. The van der Waals surface area contributed by atoms with Crippen LogP contribution in [0.3, 0.4) is 0 Å². The molecule has 0 heterocycles. The fourth-order valence-electron chi connectivity index (χ4n) is 1.81. The lowest BCUT2D eigenvalue weighted by atomic mass is 10.2. The number of hydrogen-bond acceptors (Lipinski definition) is 2. The van der Waals surface area contributed by atoms with E-state index in [-0.39, 0.29) is 11.7 Å². The van der Waals surface area contributed by atoms with Crippen LogP contribution in [0.5, 0.6) is 0 Å². The van der Waals surface area contributed by atoms with Crippen molar-refractivity contribution in [1.29, 1.82) is 0 Å². The van der Waals surface area contributed by atoms with E-state index in [0.717, 1.165) is 24.9 Å². The summed E-state index contributed by atoms with van der Waals surface area (Å²) in [4.78, 5) is 15.7. The quantitative estimate of drug-likeness (QED) is 0.757. The Bertz CT molecular complexity index is 392. The summed E-state index contributed by atoms with van der Waals surface area (Å²) in [5.41, 5.74) is 0.938. The molecule has 0 bridgehead atoms. The van der Waals surface area contributed by atoms with Gasteiger partial charge in [0, 0.05) is 13.6 Å². The van der Waals surface area contributed by atoms with Crippen LogP contribution in [0.25, 0.3) is 0 Å². The van der Waals surface area contributed by atoms with Crippen LogP contribution in [0.2, 0.25) is 0 Å². The first-order chi connectivity index (χ1) is 9.02. The van der Waals surface area contributed by atoms with Crippen LogP contribution in [0, 0.1) is 5.82 Å². The third kappa shape index (κ3) is 5.83. The number of benzene rings is 1. The highest BCUT2D eigenvalue weighted by molar-refractivity contribution is 5.77. The summed E-state index contributed by atoms with van der Waals surface area (Å²) in [6.07, 6.45) is 2.23. The van der Waals surface area contributed by atoms with Crippen LogP contribution >= 0.6 is 0 Å². The molecule has 0 aliphatic heterocycles. The molecular formula is C15H23FN2O. The molecule has 0 saturated heterocycles. The van der Waals surface area contributed by atoms with Crippen LogP contribution in [-0.4, -0.2) is 42.9 Å². The van der Waals surface area contributed by atoms with Gasteiger partial charge in [-0.15, -0.1) is 0 Å². The van der Waals surface area contributed by atoms with E-state index in [1.807, 2.05) is 11.9 Å². The maximum Gasteiger partial charge on any atom is 0.236 e. The van der Waals surface area contributed by atoms with Crippen molar-refractivity contribution >= 4 is 5.91 Å². The Morgan fingerprint density at radius 1 is 1.21 bits per heavy atom. The molecule has 3 nitrogen and oxygen atoms in total. The first kappa shape index (κ1) is 15.6. The van der Waals surface area contributed by atoms with Crippen molar-refractivity contribution in [3.63, 3.8) is 0 Å². The minimum absolute atomic E-state index is 0.0860. The van der Waals surface area contributed by atoms with Crippen molar-refractivity contribution in [2.75, 3.05) is 27.2 Å². The Balaban J connectivity index is 2.42. The topological polar surface area (TPSA) is 23.6 Å². The number of rotatable bonds is 7. The number of likely N-dealkylation sites (N-methyl/N-ethyl adjacent to an activating group) is 2. The molecule has 0 aliphatic carbocycles. The van der Waals surface area contributed by atoms with E-state index in [2.05, 4.69) is 6.92 Å². The average molecular weight is 266 g/mol. The molecule has 1 aromatic rings. The first-order valence-electron chi connectivity index (χ1n) is 6.70. The molecule has 0 aromatic heterocycles. The molecule has 0 aliphatic rings. The van der Waals surface area contributed by atoms with Crippen molar-refractivity contribution in [3.8, 4) is 0 Å². The summed E-state index contributed by atoms with van der Waals surface area (Å²) in [6.45, 7) is 4.02. The van der Waals surface area contributed by atoms with Crippen molar-refractivity contribution < 1.29 is 9.18 Å². The van der Waals surface area contributed by atoms with Gasteiger partial charge in [0.15, 0.2) is 0 Å². The molecule has 4 heteroatoms. The normalized spacial score (nSPS) is 10.8. The molecule has 0 saturated carbocycles. The van der Waals surface area contributed by atoms with Crippen LogP contribution in [0.4, 0.5) is 4.39 Å². The molecule has 0 radical (unpaired) electrons. The molecule has 106 valence electrons. The van der Waals surface area contributed by atoms with E-state index in [4.69, 9.17) is 0 Å². The number of amides is 1. The summed E-state index contributed by atoms with van der Waals surface area (Å²) in [6, 6.07) is 6.25. The fraction of sp³-hybridized carbons (Fsp3) is 0.533. The van der Waals surface area contributed by atoms with Gasteiger partial charge in [0.25, 0.3) is 0 Å². The summed E-state index contributed by atoms with van der Waals surface area (Å²) in [5, 5.41) is 0. The fourth-order valence-corrected chi connectivity index (χ4v) is 1.81. The number of carbonyl (C=O) groups excluding carboxylic acids is 1. The van der Waals surface area contributed by atoms with Gasteiger partial charge >= 0.3 is 0 Å². The second-order valence-electron chi connectivity index (χ2n) is 4.97. The Morgan fingerprint density at radius 3 is 2.42 bits per heavy atom. The minimum atomic E-state index is -0.253. The van der Waals surface area contributed by atoms with Crippen molar-refractivity contribution in [2.45, 2.75) is 26.3 Å². The molecule has 1 rings (SSSR count). The maximum absolute atomic E-state index is 12.8. The smallest absolute Gasteiger partial charge is 0.236 e. The standard InChI is InChI=1S/C15H23FN2O/c1-4-5-10-17(2)12-15(19)18(3)11-13-6-8-14(16)9-7-13/h6-9H,4-5,10-12H2,1-3H3. The number of nitrogens with zero attached hydrogens (tertiary/aromatic N) is 2. The SMILES string of the molecule is CCCCN(C)CC(=O)N(C)Cc1ccc(F)cc1. The van der Waals surface area contributed by atoms with Crippen LogP contribution in [-0.2, 0) is 11.3 Å². The van der Waals surface area contributed by atoms with Gasteiger partial charge in [0.05, 0.1) is 6.54 Å². The van der Waals surface area contributed by atoms with E-state index in [9.17, 15) is 9.18 Å². The zero-order valence-corrected chi connectivity index (χ0v) is 12.0. The van der Waals surface area contributed by atoms with E-state index in [1.165, 1.54) is 12.1 Å².